The van der Waals surface area contributed by atoms with Crippen LogP contribution < -0.4 is 9.47 Å². The number of allylic oxidation sites excluding steroid dienone is 1. The Labute approximate surface area is 160 Å². The van der Waals surface area contributed by atoms with Crippen LogP contribution in [0.3, 0.4) is 0 Å². The molecule has 138 valence electrons. The van der Waals surface area contributed by atoms with Crippen molar-refractivity contribution in [3.63, 3.8) is 0 Å². The number of ether oxygens (including phenoxy) is 2. The van der Waals surface area contributed by atoms with Crippen molar-refractivity contribution in [3.8, 4) is 11.5 Å². The molecule has 0 spiro atoms. The molecular formula is C22H25ClO3. The van der Waals surface area contributed by atoms with E-state index in [-0.39, 0.29) is 0 Å². The van der Waals surface area contributed by atoms with Gasteiger partial charge in [-0.05, 0) is 61.1 Å². The lowest BCUT2D eigenvalue weighted by molar-refractivity contribution is -0.107. The topological polar surface area (TPSA) is 35.5 Å². The minimum atomic E-state index is 0.612. The molecule has 0 saturated heterocycles. The first-order valence-electron chi connectivity index (χ1n) is 8.75. The maximum absolute atomic E-state index is 10.5. The van der Waals surface area contributed by atoms with Crippen LogP contribution in [0.15, 0.2) is 48.0 Å². The minimum absolute atomic E-state index is 0.612. The van der Waals surface area contributed by atoms with E-state index in [2.05, 4.69) is 6.08 Å². The molecule has 0 bridgehead atoms. The van der Waals surface area contributed by atoms with Gasteiger partial charge in [-0.15, -0.1) is 0 Å². The van der Waals surface area contributed by atoms with E-state index in [1.807, 2.05) is 42.5 Å². The number of aldehydes is 1. The number of benzene rings is 2. The van der Waals surface area contributed by atoms with E-state index in [4.69, 9.17) is 21.1 Å². The summed E-state index contributed by atoms with van der Waals surface area (Å²) in [6.07, 6.45) is 7.45. The quantitative estimate of drug-likeness (QED) is 0.394. The van der Waals surface area contributed by atoms with Gasteiger partial charge in [-0.25, -0.2) is 0 Å². The first-order valence-corrected chi connectivity index (χ1v) is 9.13. The molecule has 2 aromatic carbocycles. The molecule has 26 heavy (non-hydrogen) atoms. The summed E-state index contributed by atoms with van der Waals surface area (Å²) in [5.74, 6) is 1.53. The van der Waals surface area contributed by atoms with Gasteiger partial charge in [-0.2, -0.15) is 0 Å². The van der Waals surface area contributed by atoms with Gasteiger partial charge in [-0.3, -0.25) is 0 Å². The SMILES string of the molecule is COc1cc(C=C(CCCCC=O)Cc2ccc(Cl)cc2)cc(OC)c1. The van der Waals surface area contributed by atoms with Crippen LogP contribution in [0.4, 0.5) is 0 Å². The van der Waals surface area contributed by atoms with Gasteiger partial charge in [0.15, 0.2) is 0 Å². The average Bonchev–Trinajstić information content (AvgIpc) is 2.66. The number of carbonyl (C=O) groups is 1. The van der Waals surface area contributed by atoms with E-state index in [0.29, 0.717) is 6.42 Å². The largest absolute Gasteiger partial charge is 0.497 e. The predicted octanol–water partition coefficient (Wildman–Crippen LogP) is 5.74. The number of rotatable bonds is 10. The molecule has 2 aromatic rings. The average molecular weight is 373 g/mol. The van der Waals surface area contributed by atoms with Crippen LogP contribution >= 0.6 is 11.6 Å². The Bertz CT molecular complexity index is 713. The van der Waals surface area contributed by atoms with E-state index in [1.54, 1.807) is 14.2 Å². The van der Waals surface area contributed by atoms with Crippen molar-refractivity contribution in [1.29, 1.82) is 0 Å². The first kappa shape index (κ1) is 20.1. The second-order valence-electron chi connectivity index (χ2n) is 6.16. The highest BCUT2D eigenvalue weighted by Gasteiger charge is 2.05. The number of methoxy groups -OCH3 is 2. The minimum Gasteiger partial charge on any atom is -0.497 e. The Balaban J connectivity index is 2.24. The molecule has 2 rings (SSSR count). The second kappa shape index (κ2) is 10.7. The standard InChI is InChI=1S/C22H25ClO3/c1-25-21-14-19(15-22(16-21)26-2)13-18(6-4-3-5-11-24)12-17-7-9-20(23)10-8-17/h7-11,13-16H,3-6,12H2,1-2H3. The van der Waals surface area contributed by atoms with Crippen molar-refractivity contribution in [2.45, 2.75) is 32.1 Å². The van der Waals surface area contributed by atoms with Gasteiger partial charge in [0.1, 0.15) is 17.8 Å². The molecule has 0 unspecified atom stereocenters. The van der Waals surface area contributed by atoms with Gasteiger partial charge in [0.25, 0.3) is 0 Å². The molecule has 0 atom stereocenters. The Morgan fingerprint density at radius 3 is 2.23 bits per heavy atom. The lowest BCUT2D eigenvalue weighted by Crippen LogP contribution is -1.94. The zero-order valence-corrected chi connectivity index (χ0v) is 16.1. The normalized spacial score (nSPS) is 11.3. The monoisotopic (exact) mass is 372 g/mol. The molecule has 0 aliphatic rings. The van der Waals surface area contributed by atoms with Crippen LogP contribution in [-0.2, 0) is 11.2 Å². The number of hydrogen-bond acceptors (Lipinski definition) is 3. The molecule has 0 heterocycles. The van der Waals surface area contributed by atoms with Gasteiger partial charge in [0.2, 0.25) is 0 Å². The number of unbranched alkanes of at least 4 members (excludes halogenated alkanes) is 2. The summed E-state index contributed by atoms with van der Waals surface area (Å²) in [4.78, 5) is 10.5. The molecule has 0 fully saturated rings. The van der Waals surface area contributed by atoms with Gasteiger partial charge in [-0.1, -0.05) is 35.4 Å². The van der Waals surface area contributed by atoms with E-state index in [0.717, 1.165) is 54.1 Å². The molecule has 0 amide bonds. The summed E-state index contributed by atoms with van der Waals surface area (Å²) >= 11 is 5.99. The number of hydrogen-bond donors (Lipinski definition) is 0. The fourth-order valence-electron chi connectivity index (χ4n) is 2.80. The third-order valence-electron chi connectivity index (χ3n) is 4.16. The summed E-state index contributed by atoms with van der Waals surface area (Å²) in [7, 11) is 3.30. The summed E-state index contributed by atoms with van der Waals surface area (Å²) in [5, 5.41) is 0.739. The number of carbonyl (C=O) groups excluding carboxylic acids is 1. The predicted molar refractivity (Wildman–Crippen MR) is 107 cm³/mol. The molecule has 4 heteroatoms. The zero-order chi connectivity index (χ0) is 18.8. The zero-order valence-electron chi connectivity index (χ0n) is 15.3. The first-order chi connectivity index (χ1) is 12.6. The van der Waals surface area contributed by atoms with Crippen LogP contribution in [-0.4, -0.2) is 20.5 Å². The summed E-state index contributed by atoms with van der Waals surface area (Å²) in [6.45, 7) is 0. The van der Waals surface area contributed by atoms with Crippen molar-refractivity contribution in [3.05, 3.63) is 64.2 Å². The van der Waals surface area contributed by atoms with Crippen LogP contribution in [0.2, 0.25) is 5.02 Å². The molecule has 0 N–H and O–H groups in total. The molecule has 0 aromatic heterocycles. The van der Waals surface area contributed by atoms with Crippen molar-refractivity contribution in [2.75, 3.05) is 14.2 Å². The van der Waals surface area contributed by atoms with Crippen LogP contribution in [0.1, 0.15) is 36.8 Å². The van der Waals surface area contributed by atoms with E-state index >= 15 is 0 Å². The molecule has 0 aliphatic carbocycles. The highest BCUT2D eigenvalue weighted by Crippen LogP contribution is 2.26. The van der Waals surface area contributed by atoms with Crippen LogP contribution in [0.25, 0.3) is 6.08 Å². The van der Waals surface area contributed by atoms with Gasteiger partial charge in [0, 0.05) is 17.5 Å². The maximum atomic E-state index is 10.5. The van der Waals surface area contributed by atoms with Gasteiger partial charge in [0.05, 0.1) is 14.2 Å². The van der Waals surface area contributed by atoms with Gasteiger partial charge >= 0.3 is 0 Å². The lowest BCUT2D eigenvalue weighted by Gasteiger charge is -2.10. The van der Waals surface area contributed by atoms with Gasteiger partial charge < -0.3 is 14.3 Å². The Kier molecular flexibility index (Phi) is 8.23. The maximum Gasteiger partial charge on any atom is 0.123 e. The van der Waals surface area contributed by atoms with Crippen LogP contribution in [0, 0.1) is 0 Å². The van der Waals surface area contributed by atoms with Crippen LogP contribution in [0.5, 0.6) is 11.5 Å². The van der Waals surface area contributed by atoms with Crippen molar-refractivity contribution in [2.24, 2.45) is 0 Å². The summed E-state index contributed by atoms with van der Waals surface area (Å²) in [5.41, 5.74) is 3.56. The molecule has 3 nitrogen and oxygen atoms in total. The fourth-order valence-corrected chi connectivity index (χ4v) is 2.93. The van der Waals surface area contributed by atoms with E-state index in [1.165, 1.54) is 11.1 Å². The Hall–Kier alpha value is -2.26. The Morgan fingerprint density at radius 2 is 1.65 bits per heavy atom. The highest BCUT2D eigenvalue weighted by molar-refractivity contribution is 6.30. The summed E-state index contributed by atoms with van der Waals surface area (Å²) in [6, 6.07) is 13.8. The molecule has 0 radical (unpaired) electrons. The molecule has 0 saturated carbocycles. The third-order valence-corrected chi connectivity index (χ3v) is 4.41. The van der Waals surface area contributed by atoms with E-state index < -0.39 is 0 Å². The van der Waals surface area contributed by atoms with Crippen molar-refractivity contribution >= 4 is 24.0 Å². The smallest absolute Gasteiger partial charge is 0.123 e. The van der Waals surface area contributed by atoms with Crippen molar-refractivity contribution in [1.82, 2.24) is 0 Å². The van der Waals surface area contributed by atoms with Crippen molar-refractivity contribution < 1.29 is 14.3 Å². The third kappa shape index (κ3) is 6.57. The second-order valence-corrected chi connectivity index (χ2v) is 6.60. The summed E-state index contributed by atoms with van der Waals surface area (Å²) < 4.78 is 10.7. The van der Waals surface area contributed by atoms with E-state index in [9.17, 15) is 4.79 Å². The fraction of sp³-hybridized carbons (Fsp3) is 0.318. The molecular weight excluding hydrogens is 348 g/mol. The Morgan fingerprint density at radius 1 is 1.00 bits per heavy atom. The molecule has 0 aliphatic heterocycles. The highest BCUT2D eigenvalue weighted by atomic mass is 35.5. The lowest BCUT2D eigenvalue weighted by atomic mass is 9.97. The number of halogens is 1.